The zero-order chi connectivity index (χ0) is 15.3. The van der Waals surface area contributed by atoms with Crippen molar-refractivity contribution in [3.8, 4) is 0 Å². The molecule has 0 aromatic rings. The Hall–Kier alpha value is -0.650. The molecule has 2 unspecified atom stereocenters. The molecule has 3 N–H and O–H groups in total. The molecule has 1 aliphatic heterocycles. The van der Waals surface area contributed by atoms with Crippen molar-refractivity contribution in [1.29, 1.82) is 0 Å². The molecule has 0 saturated carbocycles. The predicted molar refractivity (Wildman–Crippen MR) is 81.3 cm³/mol. The van der Waals surface area contributed by atoms with Crippen LogP contribution in [0.4, 0.5) is 0 Å². The number of carbonyl (C=O) groups is 1. The van der Waals surface area contributed by atoms with Crippen LogP contribution in [-0.4, -0.2) is 65.2 Å². The lowest BCUT2D eigenvalue weighted by Crippen LogP contribution is -2.58. The lowest BCUT2D eigenvalue weighted by atomic mass is 10.0. The Balaban J connectivity index is 2.57. The second-order valence-electron chi connectivity index (χ2n) is 6.43. The highest BCUT2D eigenvalue weighted by Crippen LogP contribution is 2.15. The third-order valence-corrected chi connectivity index (χ3v) is 3.93. The molecule has 1 rings (SSSR count). The van der Waals surface area contributed by atoms with Crippen LogP contribution in [0.15, 0.2) is 0 Å². The van der Waals surface area contributed by atoms with Gasteiger partial charge in [-0.25, -0.2) is 0 Å². The van der Waals surface area contributed by atoms with E-state index in [1.807, 2.05) is 11.8 Å². The van der Waals surface area contributed by atoms with E-state index in [0.29, 0.717) is 25.0 Å². The SMILES string of the molecule is CCC1CN(C(=O)[C@@H](N)CC(C)C)CCN1CC(C)O. The maximum atomic E-state index is 12.4. The highest BCUT2D eigenvalue weighted by atomic mass is 16.3. The molecule has 0 aromatic carbocycles. The van der Waals surface area contributed by atoms with Crippen molar-refractivity contribution in [2.45, 2.75) is 58.7 Å². The second-order valence-corrected chi connectivity index (χ2v) is 6.43. The van der Waals surface area contributed by atoms with Crippen LogP contribution >= 0.6 is 0 Å². The van der Waals surface area contributed by atoms with E-state index in [1.54, 1.807) is 0 Å². The van der Waals surface area contributed by atoms with Gasteiger partial charge in [-0.05, 0) is 25.7 Å². The third-order valence-electron chi connectivity index (χ3n) is 3.93. The molecule has 0 bridgehead atoms. The van der Waals surface area contributed by atoms with Gasteiger partial charge in [-0.15, -0.1) is 0 Å². The number of nitrogens with two attached hydrogens (primary N) is 1. The van der Waals surface area contributed by atoms with E-state index in [2.05, 4.69) is 25.7 Å². The Bertz CT molecular complexity index is 307. The molecule has 1 aliphatic rings. The summed E-state index contributed by atoms with van der Waals surface area (Å²) >= 11 is 0. The number of nitrogens with zero attached hydrogens (tertiary/aromatic N) is 2. The molecule has 1 amide bonds. The minimum atomic E-state index is -0.379. The fourth-order valence-corrected chi connectivity index (χ4v) is 2.90. The molecule has 0 aliphatic carbocycles. The number of rotatable bonds is 6. The van der Waals surface area contributed by atoms with Crippen LogP contribution in [0.25, 0.3) is 0 Å². The molecule has 20 heavy (non-hydrogen) atoms. The van der Waals surface area contributed by atoms with Crippen molar-refractivity contribution in [2.75, 3.05) is 26.2 Å². The Morgan fingerprint density at radius 3 is 2.50 bits per heavy atom. The van der Waals surface area contributed by atoms with Crippen LogP contribution in [-0.2, 0) is 4.79 Å². The van der Waals surface area contributed by atoms with Crippen molar-refractivity contribution < 1.29 is 9.90 Å². The van der Waals surface area contributed by atoms with Gasteiger partial charge in [0.2, 0.25) is 5.91 Å². The van der Waals surface area contributed by atoms with E-state index in [0.717, 1.165) is 25.9 Å². The van der Waals surface area contributed by atoms with Crippen molar-refractivity contribution in [2.24, 2.45) is 11.7 Å². The summed E-state index contributed by atoms with van der Waals surface area (Å²) in [5, 5.41) is 9.54. The van der Waals surface area contributed by atoms with Gasteiger partial charge >= 0.3 is 0 Å². The van der Waals surface area contributed by atoms with Gasteiger partial charge in [-0.3, -0.25) is 9.69 Å². The van der Waals surface area contributed by atoms with Crippen LogP contribution in [0, 0.1) is 5.92 Å². The van der Waals surface area contributed by atoms with Gasteiger partial charge < -0.3 is 15.7 Å². The molecule has 0 aromatic heterocycles. The van der Waals surface area contributed by atoms with Crippen molar-refractivity contribution >= 4 is 5.91 Å². The molecule has 5 nitrogen and oxygen atoms in total. The first-order valence-corrected chi connectivity index (χ1v) is 7.81. The van der Waals surface area contributed by atoms with E-state index in [9.17, 15) is 9.90 Å². The van der Waals surface area contributed by atoms with Crippen LogP contribution in [0.3, 0.4) is 0 Å². The van der Waals surface area contributed by atoms with Gasteiger partial charge in [0.15, 0.2) is 0 Å². The maximum absolute atomic E-state index is 12.4. The summed E-state index contributed by atoms with van der Waals surface area (Å²) < 4.78 is 0. The van der Waals surface area contributed by atoms with E-state index >= 15 is 0 Å². The van der Waals surface area contributed by atoms with Gasteiger partial charge in [-0.1, -0.05) is 20.8 Å². The fraction of sp³-hybridized carbons (Fsp3) is 0.933. The normalized spacial score (nSPS) is 23.9. The van der Waals surface area contributed by atoms with Crippen LogP contribution in [0.1, 0.15) is 40.5 Å². The first-order valence-electron chi connectivity index (χ1n) is 7.81. The summed E-state index contributed by atoms with van der Waals surface area (Å²) in [6.07, 6.45) is 1.40. The van der Waals surface area contributed by atoms with E-state index in [4.69, 9.17) is 5.73 Å². The molecular formula is C15H31N3O2. The Kier molecular flexibility index (Phi) is 6.92. The number of aliphatic hydroxyl groups excluding tert-OH is 1. The minimum Gasteiger partial charge on any atom is -0.392 e. The minimum absolute atomic E-state index is 0.0776. The molecule has 0 radical (unpaired) electrons. The summed E-state index contributed by atoms with van der Waals surface area (Å²) in [7, 11) is 0. The third kappa shape index (κ3) is 5.04. The molecule has 1 heterocycles. The fourth-order valence-electron chi connectivity index (χ4n) is 2.90. The summed E-state index contributed by atoms with van der Waals surface area (Å²) in [6.45, 7) is 11.1. The van der Waals surface area contributed by atoms with E-state index in [1.165, 1.54) is 0 Å². The molecule has 0 spiro atoms. The predicted octanol–water partition coefficient (Wildman–Crippen LogP) is 0.663. The average molecular weight is 285 g/mol. The van der Waals surface area contributed by atoms with Crippen molar-refractivity contribution in [1.82, 2.24) is 9.80 Å². The number of hydrogen-bond acceptors (Lipinski definition) is 4. The molecule has 1 fully saturated rings. The molecule has 5 heteroatoms. The number of amides is 1. The van der Waals surface area contributed by atoms with Crippen molar-refractivity contribution in [3.05, 3.63) is 0 Å². The average Bonchev–Trinajstić information content (AvgIpc) is 2.36. The number of aliphatic hydroxyl groups is 1. The largest absolute Gasteiger partial charge is 0.392 e. The van der Waals surface area contributed by atoms with E-state index in [-0.39, 0.29) is 18.1 Å². The molecule has 118 valence electrons. The lowest BCUT2D eigenvalue weighted by Gasteiger charge is -2.42. The van der Waals surface area contributed by atoms with Gasteiger partial charge in [0.25, 0.3) is 0 Å². The maximum Gasteiger partial charge on any atom is 0.239 e. The topological polar surface area (TPSA) is 69.8 Å². The van der Waals surface area contributed by atoms with Gasteiger partial charge in [0, 0.05) is 32.2 Å². The second kappa shape index (κ2) is 7.96. The quantitative estimate of drug-likeness (QED) is 0.752. The van der Waals surface area contributed by atoms with Crippen molar-refractivity contribution in [3.63, 3.8) is 0 Å². The Morgan fingerprint density at radius 2 is 2.00 bits per heavy atom. The zero-order valence-corrected chi connectivity index (χ0v) is 13.4. The highest BCUT2D eigenvalue weighted by Gasteiger charge is 2.31. The first-order chi connectivity index (χ1) is 9.35. The van der Waals surface area contributed by atoms with Gasteiger partial charge in [-0.2, -0.15) is 0 Å². The number of piperazine rings is 1. The highest BCUT2D eigenvalue weighted by molar-refractivity contribution is 5.81. The summed E-state index contributed by atoms with van der Waals surface area (Å²) in [6, 6.07) is -0.0515. The lowest BCUT2D eigenvalue weighted by molar-refractivity contribution is -0.136. The smallest absolute Gasteiger partial charge is 0.239 e. The van der Waals surface area contributed by atoms with Crippen LogP contribution < -0.4 is 5.73 Å². The monoisotopic (exact) mass is 285 g/mol. The number of hydrogen-bond donors (Lipinski definition) is 2. The summed E-state index contributed by atoms with van der Waals surface area (Å²) in [5.41, 5.74) is 6.01. The zero-order valence-electron chi connectivity index (χ0n) is 13.4. The Labute approximate surface area is 123 Å². The molecule has 1 saturated heterocycles. The van der Waals surface area contributed by atoms with Crippen LogP contribution in [0.2, 0.25) is 0 Å². The summed E-state index contributed by atoms with van der Waals surface area (Å²) in [5.74, 6) is 0.515. The number of β-amino-alcohol motifs (C(OH)–C–C–N with tert-alkyl or cyclic N) is 1. The number of carbonyl (C=O) groups excluding carboxylic acids is 1. The Morgan fingerprint density at radius 1 is 1.35 bits per heavy atom. The van der Waals surface area contributed by atoms with Crippen LogP contribution in [0.5, 0.6) is 0 Å². The summed E-state index contributed by atoms with van der Waals surface area (Å²) in [4.78, 5) is 16.5. The van der Waals surface area contributed by atoms with E-state index < -0.39 is 0 Å². The first kappa shape index (κ1) is 17.4. The van der Waals surface area contributed by atoms with Gasteiger partial charge in [0.1, 0.15) is 0 Å². The standard InChI is InChI=1S/C15H31N3O2/c1-5-13-10-18(7-6-17(13)9-12(4)19)15(20)14(16)8-11(2)3/h11-14,19H,5-10,16H2,1-4H3/t12?,13?,14-/m0/s1. The molecular weight excluding hydrogens is 254 g/mol. The molecule has 3 atom stereocenters. The van der Waals surface area contributed by atoms with Gasteiger partial charge in [0.05, 0.1) is 12.1 Å².